The lowest BCUT2D eigenvalue weighted by Gasteiger charge is -2.21. The van der Waals surface area contributed by atoms with Gasteiger partial charge in [-0.05, 0) is 54.1 Å². The molecule has 0 aromatic heterocycles. The number of carbonyl (C=O) groups excluding carboxylic acids is 3. The quantitative estimate of drug-likeness (QED) is 0.129. The highest BCUT2D eigenvalue weighted by atomic mass is 16.6. The van der Waals surface area contributed by atoms with Crippen molar-refractivity contribution in [3.05, 3.63) is 83.4 Å². The predicted octanol–water partition coefficient (Wildman–Crippen LogP) is 3.77. The number of methoxy groups -OCH3 is 3. The van der Waals surface area contributed by atoms with Crippen LogP contribution in [0.5, 0.6) is 28.7 Å². The molecule has 0 amide bonds. The van der Waals surface area contributed by atoms with Crippen LogP contribution in [0.15, 0.2) is 66.7 Å². The third-order valence-electron chi connectivity index (χ3n) is 5.23. The first-order valence-electron chi connectivity index (χ1n) is 11.1. The zero-order valence-corrected chi connectivity index (χ0v) is 20.5. The molecule has 192 valence electrons. The number of ether oxygens (including phenoxy) is 5. The summed E-state index contributed by atoms with van der Waals surface area (Å²) >= 11 is 0. The van der Waals surface area contributed by atoms with Crippen LogP contribution in [0.3, 0.4) is 0 Å². The second-order valence-corrected chi connectivity index (χ2v) is 7.52. The maximum atomic E-state index is 13.2. The highest BCUT2D eigenvalue weighted by molar-refractivity contribution is 6.00. The highest BCUT2D eigenvalue weighted by Crippen LogP contribution is 2.40. The zero-order valence-electron chi connectivity index (χ0n) is 20.5. The van der Waals surface area contributed by atoms with Crippen LogP contribution < -0.4 is 23.7 Å². The Bertz CT molecular complexity index is 1260. The second-order valence-electron chi connectivity index (χ2n) is 7.52. The highest BCUT2D eigenvalue weighted by Gasteiger charge is 2.26. The van der Waals surface area contributed by atoms with Crippen LogP contribution in [-0.4, -0.2) is 57.2 Å². The molecule has 3 aromatic rings. The summed E-state index contributed by atoms with van der Waals surface area (Å²) in [7, 11) is 4.19. The van der Waals surface area contributed by atoms with E-state index >= 15 is 0 Å². The van der Waals surface area contributed by atoms with Crippen molar-refractivity contribution in [2.75, 3.05) is 27.9 Å². The van der Waals surface area contributed by atoms with Crippen LogP contribution >= 0.6 is 0 Å². The molecule has 0 aliphatic heterocycles. The number of allylic oxidation sites excluding steroid dienone is 1. The fourth-order valence-electron chi connectivity index (χ4n) is 3.40. The first-order chi connectivity index (χ1) is 17.9. The van der Waals surface area contributed by atoms with E-state index in [0.29, 0.717) is 17.4 Å². The Labute approximate surface area is 213 Å². The first-order valence-corrected chi connectivity index (χ1v) is 11.1. The van der Waals surface area contributed by atoms with Crippen LogP contribution in [0.1, 0.15) is 26.3 Å². The molecule has 1 unspecified atom stereocenters. The number of aldehydes is 1. The molecule has 3 rings (SSSR count). The van der Waals surface area contributed by atoms with Crippen LogP contribution in [-0.2, 0) is 4.79 Å². The molecular formula is C28H26O9. The Hall–Kier alpha value is -4.63. The minimum absolute atomic E-state index is 0.0982. The summed E-state index contributed by atoms with van der Waals surface area (Å²) in [5.74, 6) is -0.309. The third-order valence-corrected chi connectivity index (χ3v) is 5.23. The number of esters is 1. The van der Waals surface area contributed by atoms with Crippen molar-refractivity contribution in [1.82, 2.24) is 0 Å². The number of aliphatic hydroxyl groups is 1. The SMILES string of the molecule is COc1cc(C(=O)C(CO)Oc2c(OC)cc(C=CC=O)cc2OC)ccc1OC(=O)c1ccccc1. The van der Waals surface area contributed by atoms with Gasteiger partial charge in [0.2, 0.25) is 11.5 Å². The van der Waals surface area contributed by atoms with Crippen molar-refractivity contribution >= 4 is 24.1 Å². The number of hydrogen-bond donors (Lipinski definition) is 1. The van der Waals surface area contributed by atoms with Gasteiger partial charge >= 0.3 is 5.97 Å². The number of rotatable bonds is 12. The van der Waals surface area contributed by atoms with Gasteiger partial charge in [0.1, 0.15) is 6.29 Å². The van der Waals surface area contributed by atoms with Crippen LogP contribution in [0.2, 0.25) is 0 Å². The van der Waals surface area contributed by atoms with E-state index in [0.717, 1.165) is 0 Å². The summed E-state index contributed by atoms with van der Waals surface area (Å²) in [6.07, 6.45) is 2.17. The van der Waals surface area contributed by atoms with Gasteiger partial charge in [0.25, 0.3) is 0 Å². The van der Waals surface area contributed by atoms with E-state index in [4.69, 9.17) is 23.7 Å². The Balaban J connectivity index is 1.86. The molecule has 0 saturated carbocycles. The number of aliphatic hydroxyl groups excluding tert-OH is 1. The molecule has 37 heavy (non-hydrogen) atoms. The van der Waals surface area contributed by atoms with Gasteiger partial charge in [-0.2, -0.15) is 0 Å². The molecule has 0 bridgehead atoms. The Morgan fingerprint density at radius 1 is 0.838 bits per heavy atom. The third kappa shape index (κ3) is 6.53. The van der Waals surface area contributed by atoms with Crippen LogP contribution in [0.25, 0.3) is 6.08 Å². The molecule has 0 fully saturated rings. The fourth-order valence-corrected chi connectivity index (χ4v) is 3.40. The number of Topliss-reactive ketones (excluding diaryl/α,β-unsaturated/α-hetero) is 1. The van der Waals surface area contributed by atoms with Crippen molar-refractivity contribution in [3.63, 3.8) is 0 Å². The maximum Gasteiger partial charge on any atom is 0.343 e. The van der Waals surface area contributed by atoms with E-state index in [1.165, 1.54) is 45.6 Å². The largest absolute Gasteiger partial charge is 0.493 e. The maximum absolute atomic E-state index is 13.2. The lowest BCUT2D eigenvalue weighted by molar-refractivity contribution is -0.104. The van der Waals surface area contributed by atoms with E-state index < -0.39 is 24.5 Å². The lowest BCUT2D eigenvalue weighted by atomic mass is 10.1. The topological polar surface area (TPSA) is 118 Å². The minimum Gasteiger partial charge on any atom is -0.493 e. The molecule has 0 spiro atoms. The fraction of sp³-hybridized carbons (Fsp3) is 0.179. The van der Waals surface area contributed by atoms with E-state index in [1.807, 2.05) is 0 Å². The summed E-state index contributed by atoms with van der Waals surface area (Å²) in [6, 6.07) is 15.9. The number of ketones is 1. The average Bonchev–Trinajstić information content (AvgIpc) is 2.94. The molecular weight excluding hydrogens is 480 g/mol. The van der Waals surface area contributed by atoms with Crippen LogP contribution in [0, 0.1) is 0 Å². The number of carbonyl (C=O) groups is 3. The molecule has 1 N–H and O–H groups in total. The molecule has 9 heteroatoms. The molecule has 0 aliphatic carbocycles. The molecule has 1 atom stereocenters. The van der Waals surface area contributed by atoms with Crippen molar-refractivity contribution in [2.24, 2.45) is 0 Å². The van der Waals surface area contributed by atoms with Gasteiger partial charge < -0.3 is 28.8 Å². The standard InChI is InChI=1S/C28H26O9/c1-33-22-16-20(11-12-21(22)37-28(32)19-9-5-4-6-10-19)26(31)25(17-30)36-27-23(34-2)14-18(8-7-13-29)15-24(27)35-3/h4-16,25,30H,17H2,1-3H3. The summed E-state index contributed by atoms with van der Waals surface area (Å²) in [4.78, 5) is 36.3. The molecule has 0 saturated heterocycles. The molecule has 9 nitrogen and oxygen atoms in total. The summed E-state index contributed by atoms with van der Waals surface area (Å²) in [5, 5.41) is 9.97. The van der Waals surface area contributed by atoms with E-state index in [9.17, 15) is 19.5 Å². The summed E-state index contributed by atoms with van der Waals surface area (Å²) in [5.41, 5.74) is 1.11. The van der Waals surface area contributed by atoms with E-state index in [-0.39, 0.29) is 34.3 Å². The Morgan fingerprint density at radius 3 is 2.05 bits per heavy atom. The van der Waals surface area contributed by atoms with Gasteiger partial charge in [0, 0.05) is 5.56 Å². The van der Waals surface area contributed by atoms with Gasteiger partial charge in [-0.25, -0.2) is 4.79 Å². The van der Waals surface area contributed by atoms with Crippen molar-refractivity contribution in [2.45, 2.75) is 6.10 Å². The summed E-state index contributed by atoms with van der Waals surface area (Å²) < 4.78 is 27.3. The average molecular weight is 507 g/mol. The molecule has 0 radical (unpaired) electrons. The van der Waals surface area contributed by atoms with Crippen LogP contribution in [0.4, 0.5) is 0 Å². The molecule has 3 aromatic carbocycles. The summed E-state index contributed by atoms with van der Waals surface area (Å²) in [6.45, 7) is -0.648. The van der Waals surface area contributed by atoms with Gasteiger partial charge in [0.15, 0.2) is 29.1 Å². The zero-order chi connectivity index (χ0) is 26.8. The first kappa shape index (κ1) is 27.0. The monoisotopic (exact) mass is 506 g/mol. The Morgan fingerprint density at radius 2 is 1.49 bits per heavy atom. The second kappa shape index (κ2) is 12.9. The molecule has 0 heterocycles. The smallest absolute Gasteiger partial charge is 0.343 e. The number of benzene rings is 3. The number of hydrogen-bond acceptors (Lipinski definition) is 9. The van der Waals surface area contributed by atoms with E-state index in [2.05, 4.69) is 0 Å². The van der Waals surface area contributed by atoms with Gasteiger partial charge in [-0.15, -0.1) is 0 Å². The van der Waals surface area contributed by atoms with Gasteiger partial charge in [-0.1, -0.05) is 24.3 Å². The van der Waals surface area contributed by atoms with Crippen molar-refractivity contribution < 1.29 is 43.2 Å². The minimum atomic E-state index is -1.32. The van der Waals surface area contributed by atoms with Crippen molar-refractivity contribution in [1.29, 1.82) is 0 Å². The van der Waals surface area contributed by atoms with Gasteiger partial charge in [-0.3, -0.25) is 9.59 Å². The van der Waals surface area contributed by atoms with Crippen molar-refractivity contribution in [3.8, 4) is 28.7 Å². The molecule has 0 aliphatic rings. The van der Waals surface area contributed by atoms with Gasteiger partial charge in [0.05, 0.1) is 33.5 Å². The Kier molecular flexibility index (Phi) is 9.40. The predicted molar refractivity (Wildman–Crippen MR) is 135 cm³/mol. The lowest BCUT2D eigenvalue weighted by Crippen LogP contribution is -2.31. The van der Waals surface area contributed by atoms with E-state index in [1.54, 1.807) is 48.5 Å². The normalized spacial score (nSPS) is 11.5.